The van der Waals surface area contributed by atoms with Crippen molar-refractivity contribution < 1.29 is 9.90 Å². The lowest BCUT2D eigenvalue weighted by molar-refractivity contribution is 0.0443. The Labute approximate surface area is 115 Å². The van der Waals surface area contributed by atoms with Gasteiger partial charge in [-0.05, 0) is 33.3 Å². The van der Waals surface area contributed by atoms with Crippen molar-refractivity contribution in [3.05, 3.63) is 35.9 Å². The van der Waals surface area contributed by atoms with Gasteiger partial charge < -0.3 is 15.3 Å². The third-order valence-electron chi connectivity index (χ3n) is 2.49. The van der Waals surface area contributed by atoms with Crippen LogP contribution in [0.15, 0.2) is 30.3 Å². The van der Waals surface area contributed by atoms with Gasteiger partial charge in [-0.15, -0.1) is 0 Å². The smallest absolute Gasteiger partial charge is 0.317 e. The zero-order valence-electron chi connectivity index (χ0n) is 12.2. The van der Waals surface area contributed by atoms with E-state index in [0.29, 0.717) is 13.1 Å². The maximum atomic E-state index is 12.1. The van der Waals surface area contributed by atoms with Gasteiger partial charge in [-0.3, -0.25) is 0 Å². The second-order valence-corrected chi connectivity index (χ2v) is 5.76. The third kappa shape index (κ3) is 6.25. The van der Waals surface area contributed by atoms with Crippen LogP contribution in [0.4, 0.5) is 4.79 Å². The van der Waals surface area contributed by atoms with Gasteiger partial charge in [0.2, 0.25) is 0 Å². The molecule has 0 unspecified atom stereocenters. The van der Waals surface area contributed by atoms with E-state index in [9.17, 15) is 9.90 Å². The quantitative estimate of drug-likeness (QED) is 0.858. The SMILES string of the molecule is CC(C)NC(=O)N(Cc1ccccc1)CC(C)(C)O. The Morgan fingerprint density at radius 1 is 1.32 bits per heavy atom. The molecule has 4 nitrogen and oxygen atoms in total. The van der Waals surface area contributed by atoms with Crippen molar-refractivity contribution in [3.63, 3.8) is 0 Å². The van der Waals surface area contributed by atoms with Gasteiger partial charge in [0.15, 0.2) is 0 Å². The highest BCUT2D eigenvalue weighted by Gasteiger charge is 2.22. The summed E-state index contributed by atoms with van der Waals surface area (Å²) < 4.78 is 0. The van der Waals surface area contributed by atoms with Crippen LogP contribution < -0.4 is 5.32 Å². The molecule has 106 valence electrons. The molecule has 0 aliphatic rings. The Bertz CT molecular complexity index is 396. The number of amides is 2. The summed E-state index contributed by atoms with van der Waals surface area (Å²) in [6.45, 7) is 8.02. The topological polar surface area (TPSA) is 52.6 Å². The first-order valence-electron chi connectivity index (χ1n) is 6.59. The van der Waals surface area contributed by atoms with E-state index in [4.69, 9.17) is 0 Å². The number of hydrogen-bond donors (Lipinski definition) is 2. The summed E-state index contributed by atoms with van der Waals surface area (Å²) in [6, 6.07) is 9.70. The summed E-state index contributed by atoms with van der Waals surface area (Å²) >= 11 is 0. The van der Waals surface area contributed by atoms with E-state index in [2.05, 4.69) is 5.32 Å². The van der Waals surface area contributed by atoms with Crippen molar-refractivity contribution >= 4 is 6.03 Å². The minimum absolute atomic E-state index is 0.0765. The van der Waals surface area contributed by atoms with Gasteiger partial charge in [0.25, 0.3) is 0 Å². The molecule has 1 rings (SSSR count). The molecular formula is C15H24N2O2. The zero-order chi connectivity index (χ0) is 14.5. The predicted molar refractivity (Wildman–Crippen MR) is 76.8 cm³/mol. The highest BCUT2D eigenvalue weighted by molar-refractivity contribution is 5.74. The molecule has 0 spiro atoms. The Kier molecular flexibility index (Phi) is 5.36. The fourth-order valence-corrected chi connectivity index (χ4v) is 1.81. The van der Waals surface area contributed by atoms with Gasteiger partial charge in [-0.2, -0.15) is 0 Å². The van der Waals surface area contributed by atoms with E-state index in [1.165, 1.54) is 0 Å². The van der Waals surface area contributed by atoms with Crippen LogP contribution in [0.1, 0.15) is 33.3 Å². The Hall–Kier alpha value is -1.55. The number of urea groups is 1. The largest absolute Gasteiger partial charge is 0.389 e. The predicted octanol–water partition coefficient (Wildman–Crippen LogP) is 2.38. The average Bonchev–Trinajstić information content (AvgIpc) is 2.26. The number of rotatable bonds is 5. The van der Waals surface area contributed by atoms with Crippen molar-refractivity contribution in [3.8, 4) is 0 Å². The van der Waals surface area contributed by atoms with Gasteiger partial charge in [0.1, 0.15) is 0 Å². The van der Waals surface area contributed by atoms with E-state index in [0.717, 1.165) is 5.56 Å². The number of aliphatic hydroxyl groups is 1. The summed E-state index contributed by atoms with van der Waals surface area (Å²) in [4.78, 5) is 13.8. The van der Waals surface area contributed by atoms with Crippen LogP contribution in [0.25, 0.3) is 0 Å². The van der Waals surface area contributed by atoms with Crippen LogP contribution in [0.3, 0.4) is 0 Å². The van der Waals surface area contributed by atoms with Crippen LogP contribution in [0, 0.1) is 0 Å². The van der Waals surface area contributed by atoms with Crippen LogP contribution in [-0.2, 0) is 6.54 Å². The molecule has 0 atom stereocenters. The maximum Gasteiger partial charge on any atom is 0.317 e. The van der Waals surface area contributed by atoms with Gasteiger partial charge >= 0.3 is 6.03 Å². The molecule has 0 bridgehead atoms. The lowest BCUT2D eigenvalue weighted by Crippen LogP contribution is -2.48. The molecule has 4 heteroatoms. The van der Waals surface area contributed by atoms with Crippen LogP contribution in [0.2, 0.25) is 0 Å². The van der Waals surface area contributed by atoms with Crippen LogP contribution in [0.5, 0.6) is 0 Å². The van der Waals surface area contributed by atoms with Crippen LogP contribution in [-0.4, -0.2) is 34.2 Å². The summed E-state index contributed by atoms with van der Waals surface area (Å²) in [7, 11) is 0. The summed E-state index contributed by atoms with van der Waals surface area (Å²) in [5, 5.41) is 12.8. The lowest BCUT2D eigenvalue weighted by atomic mass is 10.1. The summed E-state index contributed by atoms with van der Waals surface area (Å²) in [6.07, 6.45) is 0. The lowest BCUT2D eigenvalue weighted by Gasteiger charge is -2.30. The number of carbonyl (C=O) groups excluding carboxylic acids is 1. The molecule has 0 aliphatic carbocycles. The summed E-state index contributed by atoms with van der Waals surface area (Å²) in [5.41, 5.74) is 0.133. The Morgan fingerprint density at radius 3 is 2.37 bits per heavy atom. The fourth-order valence-electron chi connectivity index (χ4n) is 1.81. The van der Waals surface area contributed by atoms with Gasteiger partial charge in [0.05, 0.1) is 12.1 Å². The van der Waals surface area contributed by atoms with E-state index < -0.39 is 5.60 Å². The minimum Gasteiger partial charge on any atom is -0.389 e. The molecule has 0 saturated carbocycles. The zero-order valence-corrected chi connectivity index (χ0v) is 12.2. The van der Waals surface area contributed by atoms with Crippen LogP contribution >= 0.6 is 0 Å². The normalized spacial score (nSPS) is 11.5. The van der Waals surface area contributed by atoms with Crippen molar-refractivity contribution in [2.75, 3.05) is 6.54 Å². The number of nitrogens with zero attached hydrogens (tertiary/aromatic N) is 1. The second kappa shape index (κ2) is 6.57. The molecule has 0 heterocycles. The number of benzene rings is 1. The monoisotopic (exact) mass is 264 g/mol. The number of hydrogen-bond acceptors (Lipinski definition) is 2. The highest BCUT2D eigenvalue weighted by Crippen LogP contribution is 2.10. The fraction of sp³-hybridized carbons (Fsp3) is 0.533. The maximum absolute atomic E-state index is 12.1. The molecule has 19 heavy (non-hydrogen) atoms. The first kappa shape index (κ1) is 15.5. The van der Waals surface area contributed by atoms with Gasteiger partial charge in [-0.25, -0.2) is 4.79 Å². The first-order valence-corrected chi connectivity index (χ1v) is 6.59. The molecule has 2 amide bonds. The molecule has 2 N–H and O–H groups in total. The summed E-state index contributed by atoms with van der Waals surface area (Å²) in [5.74, 6) is 0. The molecule has 0 aromatic heterocycles. The standard InChI is InChI=1S/C15H24N2O2/c1-12(2)16-14(18)17(11-15(3,4)19)10-13-8-6-5-7-9-13/h5-9,12,19H,10-11H2,1-4H3,(H,16,18). The first-order chi connectivity index (χ1) is 8.78. The van der Waals surface area contributed by atoms with Gasteiger partial charge in [-0.1, -0.05) is 30.3 Å². The molecule has 0 fully saturated rings. The molecule has 1 aromatic carbocycles. The van der Waals surface area contributed by atoms with Gasteiger partial charge in [0, 0.05) is 12.6 Å². The minimum atomic E-state index is -0.914. The second-order valence-electron chi connectivity index (χ2n) is 5.76. The number of carbonyl (C=O) groups is 1. The molecular weight excluding hydrogens is 240 g/mol. The van der Waals surface area contributed by atoms with Crippen molar-refractivity contribution in [1.82, 2.24) is 10.2 Å². The van der Waals surface area contributed by atoms with Crippen molar-refractivity contribution in [2.24, 2.45) is 0 Å². The van der Waals surface area contributed by atoms with E-state index in [-0.39, 0.29) is 12.1 Å². The van der Waals surface area contributed by atoms with E-state index >= 15 is 0 Å². The van der Waals surface area contributed by atoms with E-state index in [1.54, 1.807) is 18.7 Å². The Morgan fingerprint density at radius 2 is 1.89 bits per heavy atom. The number of nitrogens with one attached hydrogen (secondary N) is 1. The third-order valence-corrected chi connectivity index (χ3v) is 2.49. The van der Waals surface area contributed by atoms with E-state index in [1.807, 2.05) is 44.2 Å². The highest BCUT2D eigenvalue weighted by atomic mass is 16.3. The van der Waals surface area contributed by atoms with Crippen molar-refractivity contribution in [1.29, 1.82) is 0 Å². The average molecular weight is 264 g/mol. The Balaban J connectivity index is 2.77. The molecule has 0 saturated heterocycles. The van der Waals surface area contributed by atoms with Crippen molar-refractivity contribution in [2.45, 2.75) is 45.9 Å². The molecule has 0 radical (unpaired) electrons. The molecule has 1 aromatic rings. The molecule has 0 aliphatic heterocycles.